The van der Waals surface area contributed by atoms with E-state index in [1.54, 1.807) is 18.2 Å². The van der Waals surface area contributed by atoms with E-state index in [2.05, 4.69) is 5.32 Å². The number of hydrogen-bond donors (Lipinski definition) is 1. The summed E-state index contributed by atoms with van der Waals surface area (Å²) < 4.78 is 44.4. The van der Waals surface area contributed by atoms with Crippen molar-refractivity contribution in [1.82, 2.24) is 0 Å². The molecule has 0 spiro atoms. The van der Waals surface area contributed by atoms with Gasteiger partial charge in [-0.3, -0.25) is 4.79 Å². The van der Waals surface area contributed by atoms with Crippen LogP contribution in [0.2, 0.25) is 5.02 Å². The van der Waals surface area contributed by atoms with Gasteiger partial charge in [-0.25, -0.2) is 0 Å². The van der Waals surface area contributed by atoms with Crippen LogP contribution in [0, 0.1) is 18.3 Å². The van der Waals surface area contributed by atoms with Gasteiger partial charge in [-0.05, 0) is 48.9 Å². The summed E-state index contributed by atoms with van der Waals surface area (Å²) >= 11 is 6.02. The predicted octanol–water partition coefficient (Wildman–Crippen LogP) is 6.47. The van der Waals surface area contributed by atoms with Gasteiger partial charge >= 0.3 is 6.18 Å². The van der Waals surface area contributed by atoms with Crippen molar-refractivity contribution in [2.75, 3.05) is 5.32 Å². The van der Waals surface area contributed by atoms with Gasteiger partial charge in [-0.1, -0.05) is 29.8 Å². The second kappa shape index (κ2) is 8.47. The average molecular weight is 431 g/mol. The first kappa shape index (κ1) is 21.2. The summed E-state index contributed by atoms with van der Waals surface area (Å²) in [5.74, 6) is -0.439. The van der Waals surface area contributed by atoms with Gasteiger partial charge in [-0.2, -0.15) is 18.4 Å². The minimum Gasteiger partial charge on any atom is -0.457 e. The van der Waals surface area contributed by atoms with E-state index in [1.165, 1.54) is 18.2 Å². The van der Waals surface area contributed by atoms with Crippen LogP contribution in [0.3, 0.4) is 0 Å². The van der Waals surface area contributed by atoms with E-state index in [-0.39, 0.29) is 27.7 Å². The predicted molar refractivity (Wildman–Crippen MR) is 108 cm³/mol. The molecule has 0 fully saturated rings. The summed E-state index contributed by atoms with van der Waals surface area (Å²) in [5.41, 5.74) is 0.330. The SMILES string of the molecule is Cc1ccccc1NC(=O)C(C#N)=Cc1ccc(-c2cc(C(F)(F)F)ccc2Cl)o1. The quantitative estimate of drug-likeness (QED) is 0.381. The number of nitriles is 1. The molecule has 1 amide bonds. The minimum atomic E-state index is -4.53. The fourth-order valence-corrected chi connectivity index (χ4v) is 2.87. The van der Waals surface area contributed by atoms with Crippen molar-refractivity contribution < 1.29 is 22.4 Å². The van der Waals surface area contributed by atoms with E-state index in [4.69, 9.17) is 16.0 Å². The molecule has 0 bridgehead atoms. The first-order chi connectivity index (χ1) is 14.2. The molecule has 1 heterocycles. The van der Waals surface area contributed by atoms with Crippen LogP contribution in [0.15, 0.2) is 64.6 Å². The highest BCUT2D eigenvalue weighted by atomic mass is 35.5. The van der Waals surface area contributed by atoms with Crippen LogP contribution in [0.25, 0.3) is 17.4 Å². The average Bonchev–Trinajstić information content (AvgIpc) is 3.15. The van der Waals surface area contributed by atoms with E-state index >= 15 is 0 Å². The maximum atomic E-state index is 13.0. The molecule has 0 atom stereocenters. The van der Waals surface area contributed by atoms with Gasteiger partial charge in [0.25, 0.3) is 5.91 Å². The first-order valence-electron chi connectivity index (χ1n) is 8.65. The van der Waals surface area contributed by atoms with Crippen molar-refractivity contribution in [3.05, 3.63) is 82.1 Å². The molecule has 0 aliphatic heterocycles. The third-order valence-electron chi connectivity index (χ3n) is 4.23. The Balaban J connectivity index is 1.88. The lowest BCUT2D eigenvalue weighted by Gasteiger charge is -2.09. The highest BCUT2D eigenvalue weighted by Crippen LogP contribution is 2.36. The fraction of sp³-hybridized carbons (Fsp3) is 0.0909. The number of para-hydroxylation sites is 1. The highest BCUT2D eigenvalue weighted by Gasteiger charge is 2.31. The second-order valence-corrected chi connectivity index (χ2v) is 6.74. The van der Waals surface area contributed by atoms with E-state index in [9.17, 15) is 23.2 Å². The highest BCUT2D eigenvalue weighted by molar-refractivity contribution is 6.33. The van der Waals surface area contributed by atoms with Crippen LogP contribution in [0.5, 0.6) is 0 Å². The van der Waals surface area contributed by atoms with Gasteiger partial charge in [0.2, 0.25) is 0 Å². The molecule has 30 heavy (non-hydrogen) atoms. The molecule has 1 N–H and O–H groups in total. The van der Waals surface area contributed by atoms with Gasteiger partial charge < -0.3 is 9.73 Å². The topological polar surface area (TPSA) is 66.0 Å². The van der Waals surface area contributed by atoms with Gasteiger partial charge in [0, 0.05) is 17.3 Å². The Bertz CT molecular complexity index is 1170. The third-order valence-corrected chi connectivity index (χ3v) is 4.56. The summed E-state index contributed by atoms with van der Waals surface area (Å²) in [4.78, 5) is 12.4. The molecule has 0 saturated heterocycles. The summed E-state index contributed by atoms with van der Waals surface area (Å²) in [5, 5.41) is 12.0. The summed E-state index contributed by atoms with van der Waals surface area (Å²) in [6.07, 6.45) is -3.32. The molecule has 0 aliphatic rings. The van der Waals surface area contributed by atoms with Gasteiger partial charge in [-0.15, -0.1) is 0 Å². The number of aryl methyl sites for hydroxylation is 1. The number of furan rings is 1. The van der Waals surface area contributed by atoms with Crippen molar-refractivity contribution in [2.45, 2.75) is 13.1 Å². The smallest absolute Gasteiger partial charge is 0.416 e. The summed E-state index contributed by atoms with van der Waals surface area (Å²) in [6.45, 7) is 1.81. The van der Waals surface area contributed by atoms with Crippen LogP contribution in [0.4, 0.5) is 18.9 Å². The normalized spacial score (nSPS) is 11.8. The summed E-state index contributed by atoms with van der Waals surface area (Å²) in [7, 11) is 0. The zero-order valence-electron chi connectivity index (χ0n) is 15.5. The third kappa shape index (κ3) is 4.73. The lowest BCUT2D eigenvalue weighted by molar-refractivity contribution is -0.137. The van der Waals surface area contributed by atoms with E-state index in [0.717, 1.165) is 23.8 Å². The number of halogens is 4. The maximum absolute atomic E-state index is 13.0. The van der Waals surface area contributed by atoms with Crippen LogP contribution < -0.4 is 5.32 Å². The lowest BCUT2D eigenvalue weighted by Crippen LogP contribution is -2.14. The van der Waals surface area contributed by atoms with Crippen molar-refractivity contribution in [1.29, 1.82) is 5.26 Å². The number of hydrogen-bond acceptors (Lipinski definition) is 3. The van der Waals surface area contributed by atoms with Gasteiger partial charge in [0.05, 0.1) is 10.6 Å². The Kier molecular flexibility index (Phi) is 5.99. The number of rotatable bonds is 4. The number of nitrogens with zero attached hydrogens (tertiary/aromatic N) is 1. The largest absolute Gasteiger partial charge is 0.457 e. The van der Waals surface area contributed by atoms with Crippen molar-refractivity contribution in [3.8, 4) is 17.4 Å². The van der Waals surface area contributed by atoms with Crippen LogP contribution >= 0.6 is 11.6 Å². The van der Waals surface area contributed by atoms with E-state index in [1.807, 2.05) is 19.1 Å². The number of anilines is 1. The molecule has 0 unspecified atom stereocenters. The minimum absolute atomic E-state index is 0.0500. The molecule has 3 aromatic rings. The first-order valence-corrected chi connectivity index (χ1v) is 9.02. The molecular formula is C22H14ClF3N2O2. The number of amides is 1. The zero-order chi connectivity index (χ0) is 21.9. The van der Waals surface area contributed by atoms with E-state index < -0.39 is 17.6 Å². The Morgan fingerprint density at radius 1 is 1.17 bits per heavy atom. The molecule has 4 nitrogen and oxygen atoms in total. The molecule has 0 radical (unpaired) electrons. The molecule has 8 heteroatoms. The van der Waals surface area contributed by atoms with Crippen LogP contribution in [-0.2, 0) is 11.0 Å². The Labute approximate surface area is 175 Å². The van der Waals surface area contributed by atoms with Gasteiger partial charge in [0.1, 0.15) is 23.2 Å². The second-order valence-electron chi connectivity index (χ2n) is 6.33. The number of nitrogens with one attached hydrogen (secondary N) is 1. The summed E-state index contributed by atoms with van der Waals surface area (Å²) in [6, 6.07) is 14.6. The zero-order valence-corrected chi connectivity index (χ0v) is 16.3. The molecule has 1 aromatic heterocycles. The molecule has 0 aliphatic carbocycles. The Morgan fingerprint density at radius 3 is 2.57 bits per heavy atom. The number of carbonyl (C=O) groups excluding carboxylic acids is 1. The van der Waals surface area contributed by atoms with Crippen molar-refractivity contribution in [3.63, 3.8) is 0 Å². The van der Waals surface area contributed by atoms with Crippen molar-refractivity contribution >= 4 is 29.3 Å². The molecule has 152 valence electrons. The monoisotopic (exact) mass is 430 g/mol. The molecule has 2 aromatic carbocycles. The van der Waals surface area contributed by atoms with E-state index in [0.29, 0.717) is 5.69 Å². The molecule has 0 saturated carbocycles. The van der Waals surface area contributed by atoms with Gasteiger partial charge in [0.15, 0.2) is 0 Å². The fourth-order valence-electron chi connectivity index (χ4n) is 2.66. The maximum Gasteiger partial charge on any atom is 0.416 e. The van der Waals surface area contributed by atoms with Crippen LogP contribution in [-0.4, -0.2) is 5.91 Å². The number of alkyl halides is 3. The molecular weight excluding hydrogens is 417 g/mol. The standard InChI is InChI=1S/C22H14ClF3N2O2/c1-13-4-2-3-5-19(13)28-21(29)14(12-27)10-16-7-9-20(30-16)17-11-15(22(24,25)26)6-8-18(17)23/h2-11H,1H3,(H,28,29). The Hall–Kier alpha value is -3.50. The lowest BCUT2D eigenvalue weighted by atomic mass is 10.1. The molecule has 3 rings (SSSR count). The van der Waals surface area contributed by atoms with Crippen LogP contribution in [0.1, 0.15) is 16.9 Å². The Morgan fingerprint density at radius 2 is 1.90 bits per heavy atom. The van der Waals surface area contributed by atoms with Crippen molar-refractivity contribution in [2.24, 2.45) is 0 Å². The number of carbonyl (C=O) groups is 1. The number of benzene rings is 2.